The third-order valence-electron chi connectivity index (χ3n) is 3.06. The van der Waals surface area contributed by atoms with E-state index in [4.69, 9.17) is 22.1 Å². The molecule has 0 unspecified atom stereocenters. The Morgan fingerprint density at radius 1 is 1.32 bits per heavy atom. The molecule has 2 aromatic rings. The van der Waals surface area contributed by atoms with Gasteiger partial charge in [0, 0.05) is 19.8 Å². The fourth-order valence-electron chi connectivity index (χ4n) is 2.06. The Hall–Kier alpha value is -1.26. The number of benzene rings is 1. The van der Waals surface area contributed by atoms with Gasteiger partial charge in [-0.1, -0.05) is 31.0 Å². The minimum Gasteiger partial charge on any atom is -0.381 e. The van der Waals surface area contributed by atoms with Gasteiger partial charge in [-0.15, -0.1) is 0 Å². The van der Waals surface area contributed by atoms with Crippen LogP contribution in [0.5, 0.6) is 0 Å². The van der Waals surface area contributed by atoms with E-state index in [0.717, 1.165) is 50.1 Å². The number of rotatable bonds is 7. The lowest BCUT2D eigenvalue weighted by atomic mass is 10.3. The molecule has 0 atom stereocenters. The average Bonchev–Trinajstić information content (AvgIpc) is 2.71. The number of anilines is 1. The Morgan fingerprint density at radius 2 is 2.11 bits per heavy atom. The zero-order valence-electron chi connectivity index (χ0n) is 11.2. The molecule has 0 saturated heterocycles. The van der Waals surface area contributed by atoms with Crippen LogP contribution in [-0.4, -0.2) is 22.8 Å². The zero-order chi connectivity index (χ0) is 13.7. The quantitative estimate of drug-likeness (QED) is 0.791. The lowest BCUT2D eigenvalue weighted by Crippen LogP contribution is -2.07. The normalized spacial score (nSPS) is 11.3. The molecule has 2 rings (SSSR count). The second-order valence-corrected chi connectivity index (χ2v) is 4.96. The molecule has 0 fully saturated rings. The Morgan fingerprint density at radius 3 is 2.89 bits per heavy atom. The highest BCUT2D eigenvalue weighted by Crippen LogP contribution is 2.25. The van der Waals surface area contributed by atoms with Crippen molar-refractivity contribution in [2.75, 3.05) is 18.9 Å². The number of nitrogens with zero attached hydrogens (tertiary/aromatic N) is 2. The Balaban J connectivity index is 1.98. The van der Waals surface area contributed by atoms with Gasteiger partial charge in [0.25, 0.3) is 0 Å². The highest BCUT2D eigenvalue weighted by atomic mass is 35.5. The minimum atomic E-state index is 0.511. The van der Waals surface area contributed by atoms with E-state index in [1.165, 1.54) is 0 Å². The molecule has 0 aliphatic heterocycles. The summed E-state index contributed by atoms with van der Waals surface area (Å²) in [6, 6.07) is 5.67. The van der Waals surface area contributed by atoms with Gasteiger partial charge in [-0.25, -0.2) is 4.98 Å². The van der Waals surface area contributed by atoms with Crippen molar-refractivity contribution in [1.29, 1.82) is 0 Å². The van der Waals surface area contributed by atoms with Crippen LogP contribution in [0.1, 0.15) is 26.2 Å². The molecular formula is C14H20ClN3O. The lowest BCUT2D eigenvalue weighted by molar-refractivity contribution is 0.126. The zero-order valence-corrected chi connectivity index (χ0v) is 12.0. The van der Waals surface area contributed by atoms with Gasteiger partial charge in [-0.05, 0) is 25.0 Å². The second-order valence-electron chi connectivity index (χ2n) is 4.55. The van der Waals surface area contributed by atoms with Crippen molar-refractivity contribution in [2.24, 2.45) is 0 Å². The molecule has 0 spiro atoms. The highest BCUT2D eigenvalue weighted by molar-refractivity contribution is 6.35. The van der Waals surface area contributed by atoms with E-state index in [9.17, 15) is 0 Å². The largest absolute Gasteiger partial charge is 0.381 e. The standard InChI is InChI=1S/C14H20ClN3O/c1-2-3-9-19-10-5-8-18-13-11(15)6-4-7-12(13)17-14(18)16/h4,6-7H,2-3,5,8-10H2,1H3,(H2,16,17). The number of aromatic nitrogens is 2. The Labute approximate surface area is 118 Å². The molecule has 0 amide bonds. The number of ether oxygens (including phenoxy) is 1. The van der Waals surface area contributed by atoms with Gasteiger partial charge in [-0.2, -0.15) is 0 Å². The Kier molecular flexibility index (Phi) is 5.05. The predicted octanol–water partition coefficient (Wildman–Crippen LogP) is 3.48. The molecule has 0 radical (unpaired) electrons. The summed E-state index contributed by atoms with van der Waals surface area (Å²) in [5, 5.41) is 0.689. The summed E-state index contributed by atoms with van der Waals surface area (Å²) < 4.78 is 7.51. The van der Waals surface area contributed by atoms with Crippen molar-refractivity contribution >= 4 is 28.6 Å². The van der Waals surface area contributed by atoms with Crippen molar-refractivity contribution in [3.8, 4) is 0 Å². The summed E-state index contributed by atoms with van der Waals surface area (Å²) in [4.78, 5) is 4.32. The highest BCUT2D eigenvalue weighted by Gasteiger charge is 2.10. The van der Waals surface area contributed by atoms with Crippen molar-refractivity contribution in [3.05, 3.63) is 23.2 Å². The number of hydrogen-bond donors (Lipinski definition) is 1. The first-order valence-corrected chi connectivity index (χ1v) is 7.09. The second kappa shape index (κ2) is 6.78. The van der Waals surface area contributed by atoms with Gasteiger partial charge in [0.15, 0.2) is 0 Å². The fourth-order valence-corrected chi connectivity index (χ4v) is 2.33. The van der Waals surface area contributed by atoms with E-state index in [-0.39, 0.29) is 0 Å². The van der Waals surface area contributed by atoms with Crippen LogP contribution in [0.25, 0.3) is 11.0 Å². The van der Waals surface area contributed by atoms with Gasteiger partial charge in [-0.3, -0.25) is 0 Å². The van der Waals surface area contributed by atoms with E-state index in [2.05, 4.69) is 11.9 Å². The van der Waals surface area contributed by atoms with Gasteiger partial charge >= 0.3 is 0 Å². The van der Waals surface area contributed by atoms with Crippen molar-refractivity contribution in [3.63, 3.8) is 0 Å². The first kappa shape index (κ1) is 14.2. The predicted molar refractivity (Wildman–Crippen MR) is 79.5 cm³/mol. The smallest absolute Gasteiger partial charge is 0.201 e. The van der Waals surface area contributed by atoms with Crippen LogP contribution in [0, 0.1) is 0 Å². The van der Waals surface area contributed by atoms with Crippen LogP contribution in [0.4, 0.5) is 5.95 Å². The molecular weight excluding hydrogens is 262 g/mol. The van der Waals surface area contributed by atoms with Crippen LogP contribution in [0.2, 0.25) is 5.02 Å². The van der Waals surface area contributed by atoms with E-state index in [1.807, 2.05) is 22.8 Å². The summed E-state index contributed by atoms with van der Waals surface area (Å²) in [6.07, 6.45) is 3.18. The first-order chi connectivity index (χ1) is 9.24. The van der Waals surface area contributed by atoms with Gasteiger partial charge in [0.1, 0.15) is 0 Å². The molecule has 0 aliphatic carbocycles. The van der Waals surface area contributed by atoms with Gasteiger partial charge in [0.05, 0.1) is 16.1 Å². The van der Waals surface area contributed by atoms with Crippen LogP contribution in [0.15, 0.2) is 18.2 Å². The number of aryl methyl sites for hydroxylation is 1. The molecule has 5 heteroatoms. The van der Waals surface area contributed by atoms with E-state index in [1.54, 1.807) is 0 Å². The molecule has 0 saturated carbocycles. The molecule has 19 heavy (non-hydrogen) atoms. The number of imidazole rings is 1. The van der Waals surface area contributed by atoms with Crippen LogP contribution in [0.3, 0.4) is 0 Å². The van der Waals surface area contributed by atoms with Gasteiger partial charge in [0.2, 0.25) is 5.95 Å². The Bertz CT molecular complexity index is 539. The molecule has 4 nitrogen and oxygen atoms in total. The lowest BCUT2D eigenvalue weighted by Gasteiger charge is -2.08. The average molecular weight is 282 g/mol. The molecule has 1 heterocycles. The van der Waals surface area contributed by atoms with Crippen molar-refractivity contribution in [1.82, 2.24) is 9.55 Å². The number of nitrogen functional groups attached to an aromatic ring is 1. The van der Waals surface area contributed by atoms with Crippen LogP contribution >= 0.6 is 11.6 Å². The maximum absolute atomic E-state index is 6.21. The van der Waals surface area contributed by atoms with Crippen molar-refractivity contribution in [2.45, 2.75) is 32.7 Å². The minimum absolute atomic E-state index is 0.511. The third-order valence-corrected chi connectivity index (χ3v) is 3.36. The molecule has 0 aliphatic rings. The van der Waals surface area contributed by atoms with E-state index >= 15 is 0 Å². The number of halogens is 1. The van der Waals surface area contributed by atoms with Crippen molar-refractivity contribution < 1.29 is 4.74 Å². The SMILES string of the molecule is CCCCOCCCn1c(N)nc2cccc(Cl)c21. The van der Waals surface area contributed by atoms with E-state index < -0.39 is 0 Å². The summed E-state index contributed by atoms with van der Waals surface area (Å²) in [6.45, 7) is 4.50. The molecule has 1 aromatic carbocycles. The van der Waals surface area contributed by atoms with Gasteiger partial charge < -0.3 is 15.0 Å². The molecule has 2 N–H and O–H groups in total. The monoisotopic (exact) mass is 281 g/mol. The maximum Gasteiger partial charge on any atom is 0.201 e. The topological polar surface area (TPSA) is 53.1 Å². The summed E-state index contributed by atoms with van der Waals surface area (Å²) >= 11 is 6.21. The number of hydrogen-bond acceptors (Lipinski definition) is 3. The summed E-state index contributed by atoms with van der Waals surface area (Å²) in [7, 11) is 0. The summed E-state index contributed by atoms with van der Waals surface area (Å²) in [5.41, 5.74) is 7.69. The number of para-hydroxylation sites is 1. The molecule has 0 bridgehead atoms. The fraction of sp³-hybridized carbons (Fsp3) is 0.500. The maximum atomic E-state index is 6.21. The van der Waals surface area contributed by atoms with Crippen LogP contribution < -0.4 is 5.73 Å². The van der Waals surface area contributed by atoms with E-state index in [0.29, 0.717) is 11.0 Å². The number of unbranched alkanes of at least 4 members (excludes halogenated alkanes) is 1. The molecule has 104 valence electrons. The summed E-state index contributed by atoms with van der Waals surface area (Å²) in [5.74, 6) is 0.511. The third kappa shape index (κ3) is 3.39. The molecule has 1 aromatic heterocycles. The first-order valence-electron chi connectivity index (χ1n) is 6.72. The van der Waals surface area contributed by atoms with Crippen LogP contribution in [-0.2, 0) is 11.3 Å². The number of nitrogens with two attached hydrogens (primary N) is 1. The number of fused-ring (bicyclic) bond motifs is 1.